The zero-order valence-corrected chi connectivity index (χ0v) is 11.5. The van der Waals surface area contributed by atoms with Crippen LogP contribution < -0.4 is 10.6 Å². The van der Waals surface area contributed by atoms with Crippen LogP contribution in [0.3, 0.4) is 0 Å². The maximum Gasteiger partial charge on any atom is 0.433 e. The molecule has 0 saturated carbocycles. The normalized spacial score (nSPS) is 18.1. The number of carbonyl (C=O) groups excluding carboxylic acids is 1. The molecular formula is C13H16F3N3O2. The molecule has 1 aromatic heterocycles. The van der Waals surface area contributed by atoms with Crippen LogP contribution in [0.1, 0.15) is 25.5 Å². The number of amides is 2. The van der Waals surface area contributed by atoms with Gasteiger partial charge in [-0.05, 0) is 31.9 Å². The summed E-state index contributed by atoms with van der Waals surface area (Å²) in [4.78, 5) is 15.1. The van der Waals surface area contributed by atoms with E-state index in [2.05, 4.69) is 15.6 Å². The summed E-state index contributed by atoms with van der Waals surface area (Å²) in [7, 11) is 0. The van der Waals surface area contributed by atoms with E-state index >= 15 is 0 Å². The van der Waals surface area contributed by atoms with E-state index in [4.69, 9.17) is 4.74 Å². The van der Waals surface area contributed by atoms with Crippen LogP contribution in [0.15, 0.2) is 18.3 Å². The molecule has 8 heteroatoms. The minimum Gasteiger partial charge on any atom is -0.381 e. The molecule has 1 saturated heterocycles. The lowest BCUT2D eigenvalue weighted by molar-refractivity contribution is -0.141. The molecule has 2 rings (SSSR count). The first kappa shape index (κ1) is 15.6. The second-order valence-electron chi connectivity index (χ2n) is 5.18. The van der Waals surface area contributed by atoms with Crippen molar-refractivity contribution < 1.29 is 22.7 Å². The van der Waals surface area contributed by atoms with Crippen LogP contribution in [0.5, 0.6) is 0 Å². The molecule has 0 aliphatic carbocycles. The van der Waals surface area contributed by atoms with E-state index in [0.29, 0.717) is 26.1 Å². The van der Waals surface area contributed by atoms with Gasteiger partial charge in [-0.25, -0.2) is 9.78 Å². The van der Waals surface area contributed by atoms with Crippen molar-refractivity contribution >= 4 is 11.7 Å². The second kappa shape index (κ2) is 5.88. The number of pyridine rings is 1. The number of anilines is 1. The Bertz CT molecular complexity index is 496. The van der Waals surface area contributed by atoms with E-state index in [0.717, 1.165) is 12.3 Å². The SMILES string of the molecule is CC1(NC(=O)Nc2ccc(C(F)(F)F)nc2)CCOCC1. The van der Waals surface area contributed by atoms with Crippen LogP contribution >= 0.6 is 0 Å². The van der Waals surface area contributed by atoms with Crippen molar-refractivity contribution in [2.75, 3.05) is 18.5 Å². The summed E-state index contributed by atoms with van der Waals surface area (Å²) in [5, 5.41) is 5.28. The Morgan fingerprint density at radius 2 is 2.00 bits per heavy atom. The molecule has 21 heavy (non-hydrogen) atoms. The lowest BCUT2D eigenvalue weighted by atomic mass is 9.93. The van der Waals surface area contributed by atoms with Gasteiger partial charge in [-0.3, -0.25) is 0 Å². The number of alkyl halides is 3. The largest absolute Gasteiger partial charge is 0.433 e. The van der Waals surface area contributed by atoms with Gasteiger partial charge < -0.3 is 15.4 Å². The number of rotatable bonds is 2. The first-order valence-electron chi connectivity index (χ1n) is 6.49. The summed E-state index contributed by atoms with van der Waals surface area (Å²) in [6.07, 6.45) is -2.14. The van der Waals surface area contributed by atoms with Crippen LogP contribution in [0.2, 0.25) is 0 Å². The van der Waals surface area contributed by atoms with Crippen molar-refractivity contribution in [2.24, 2.45) is 0 Å². The highest BCUT2D eigenvalue weighted by atomic mass is 19.4. The summed E-state index contributed by atoms with van der Waals surface area (Å²) < 4.78 is 42.3. The van der Waals surface area contributed by atoms with E-state index in [-0.39, 0.29) is 11.2 Å². The summed E-state index contributed by atoms with van der Waals surface area (Å²) >= 11 is 0. The topological polar surface area (TPSA) is 63.2 Å². The number of nitrogens with zero attached hydrogens (tertiary/aromatic N) is 1. The van der Waals surface area contributed by atoms with E-state index in [1.165, 1.54) is 6.07 Å². The molecule has 2 amide bonds. The van der Waals surface area contributed by atoms with Gasteiger partial charge in [0.05, 0.1) is 11.9 Å². The third-order valence-electron chi connectivity index (χ3n) is 3.32. The molecule has 0 aromatic carbocycles. The lowest BCUT2D eigenvalue weighted by Crippen LogP contribution is -2.51. The number of carbonyl (C=O) groups is 1. The maximum atomic E-state index is 12.4. The van der Waals surface area contributed by atoms with Gasteiger partial charge in [0, 0.05) is 18.8 Å². The monoisotopic (exact) mass is 303 g/mol. The number of halogens is 3. The molecule has 1 fully saturated rings. The highest BCUT2D eigenvalue weighted by Gasteiger charge is 2.32. The predicted molar refractivity (Wildman–Crippen MR) is 69.9 cm³/mol. The second-order valence-corrected chi connectivity index (χ2v) is 5.18. The van der Waals surface area contributed by atoms with Crippen molar-refractivity contribution in [1.29, 1.82) is 0 Å². The number of hydrogen-bond donors (Lipinski definition) is 2. The van der Waals surface area contributed by atoms with Gasteiger partial charge in [-0.15, -0.1) is 0 Å². The Kier molecular flexibility index (Phi) is 4.36. The van der Waals surface area contributed by atoms with Crippen molar-refractivity contribution in [3.63, 3.8) is 0 Å². The van der Waals surface area contributed by atoms with Crippen molar-refractivity contribution in [2.45, 2.75) is 31.5 Å². The molecule has 1 aromatic rings. The Balaban J connectivity index is 1.93. The highest BCUT2D eigenvalue weighted by Crippen LogP contribution is 2.27. The quantitative estimate of drug-likeness (QED) is 0.883. The molecular weight excluding hydrogens is 287 g/mol. The molecule has 0 bridgehead atoms. The fourth-order valence-electron chi connectivity index (χ4n) is 2.02. The van der Waals surface area contributed by atoms with Crippen LogP contribution in [-0.2, 0) is 10.9 Å². The molecule has 0 spiro atoms. The lowest BCUT2D eigenvalue weighted by Gasteiger charge is -2.34. The van der Waals surface area contributed by atoms with E-state index in [1.54, 1.807) is 0 Å². The summed E-state index contributed by atoms with van der Waals surface area (Å²) in [5.41, 5.74) is -1.16. The smallest absolute Gasteiger partial charge is 0.381 e. The minimum atomic E-state index is -4.49. The molecule has 0 unspecified atom stereocenters. The number of aromatic nitrogens is 1. The van der Waals surface area contributed by atoms with E-state index in [9.17, 15) is 18.0 Å². The van der Waals surface area contributed by atoms with Gasteiger partial charge in [-0.2, -0.15) is 13.2 Å². The van der Waals surface area contributed by atoms with Gasteiger partial charge >= 0.3 is 12.2 Å². The van der Waals surface area contributed by atoms with Gasteiger partial charge in [0.1, 0.15) is 5.69 Å². The molecule has 2 heterocycles. The molecule has 116 valence electrons. The maximum absolute atomic E-state index is 12.4. The summed E-state index contributed by atoms with van der Waals surface area (Å²) in [6.45, 7) is 3.04. The van der Waals surface area contributed by atoms with Crippen molar-refractivity contribution in [3.8, 4) is 0 Å². The first-order valence-corrected chi connectivity index (χ1v) is 6.49. The Labute approximate surface area is 119 Å². The van der Waals surface area contributed by atoms with Crippen LogP contribution in [0, 0.1) is 0 Å². The average Bonchev–Trinajstić information content (AvgIpc) is 2.38. The van der Waals surface area contributed by atoms with Gasteiger partial charge in [0.2, 0.25) is 0 Å². The number of ether oxygens (including phenoxy) is 1. The average molecular weight is 303 g/mol. The Morgan fingerprint density at radius 1 is 1.33 bits per heavy atom. The minimum absolute atomic E-state index is 0.205. The van der Waals surface area contributed by atoms with Gasteiger partial charge in [0.15, 0.2) is 0 Å². The zero-order chi connectivity index (χ0) is 15.5. The van der Waals surface area contributed by atoms with Gasteiger partial charge in [-0.1, -0.05) is 0 Å². The van der Waals surface area contributed by atoms with E-state index < -0.39 is 17.9 Å². The third kappa shape index (κ3) is 4.32. The fraction of sp³-hybridized carbons (Fsp3) is 0.538. The molecule has 1 aliphatic rings. The number of hydrogen-bond acceptors (Lipinski definition) is 3. The highest BCUT2D eigenvalue weighted by molar-refractivity contribution is 5.89. The molecule has 5 nitrogen and oxygen atoms in total. The predicted octanol–water partition coefficient (Wildman–Crippen LogP) is 2.79. The number of urea groups is 1. The van der Waals surface area contributed by atoms with Crippen LogP contribution in [-0.4, -0.2) is 29.8 Å². The van der Waals surface area contributed by atoms with E-state index in [1.807, 2.05) is 6.92 Å². The standard InChI is InChI=1S/C13H16F3N3O2/c1-12(4-6-21-7-5-12)19-11(20)18-9-2-3-10(17-8-9)13(14,15)16/h2-3,8H,4-7H2,1H3,(H2,18,19,20). The molecule has 0 radical (unpaired) electrons. The fourth-order valence-corrected chi connectivity index (χ4v) is 2.02. The van der Waals surface area contributed by atoms with Crippen LogP contribution in [0.25, 0.3) is 0 Å². The zero-order valence-electron chi connectivity index (χ0n) is 11.5. The van der Waals surface area contributed by atoms with Crippen LogP contribution in [0.4, 0.5) is 23.7 Å². The molecule has 2 N–H and O–H groups in total. The molecule has 1 aliphatic heterocycles. The third-order valence-corrected chi connectivity index (χ3v) is 3.32. The van der Waals surface area contributed by atoms with Crippen molar-refractivity contribution in [1.82, 2.24) is 10.3 Å². The molecule has 0 atom stereocenters. The Morgan fingerprint density at radius 3 is 2.52 bits per heavy atom. The first-order chi connectivity index (χ1) is 9.78. The van der Waals surface area contributed by atoms with Crippen molar-refractivity contribution in [3.05, 3.63) is 24.0 Å². The summed E-state index contributed by atoms with van der Waals surface area (Å²) in [5.74, 6) is 0. The summed E-state index contributed by atoms with van der Waals surface area (Å²) in [6, 6.07) is 1.52. The Hall–Kier alpha value is -1.83. The van der Waals surface area contributed by atoms with Gasteiger partial charge in [0.25, 0.3) is 0 Å². The number of nitrogens with one attached hydrogen (secondary N) is 2.